The number of nitrogens with one attached hydrogen (secondary N) is 1. The molecule has 4 aromatic heterocycles. The second-order valence-corrected chi connectivity index (χ2v) is 7.99. The van der Waals surface area contributed by atoms with Gasteiger partial charge in [0.1, 0.15) is 12.0 Å². The molecule has 0 amide bonds. The lowest BCUT2D eigenvalue weighted by atomic mass is 9.92. The van der Waals surface area contributed by atoms with Crippen LogP contribution in [0.2, 0.25) is 0 Å². The molecule has 4 heterocycles. The first-order chi connectivity index (χ1) is 14.5. The number of fused-ring (bicyclic) bond motifs is 2. The minimum atomic E-state index is -0.282. The summed E-state index contributed by atoms with van der Waals surface area (Å²) in [5, 5.41) is 18.1. The zero-order valence-corrected chi connectivity index (χ0v) is 16.9. The lowest BCUT2D eigenvalue weighted by molar-refractivity contribution is 0.111. The van der Waals surface area contributed by atoms with Crippen molar-refractivity contribution in [3.05, 3.63) is 52.3 Å². The summed E-state index contributed by atoms with van der Waals surface area (Å²) in [4.78, 5) is 26.3. The number of aliphatic hydroxyl groups is 1. The molecule has 154 valence electrons. The number of hydrogen-bond donors (Lipinski definition) is 2. The monoisotopic (exact) mass is 405 g/mol. The van der Waals surface area contributed by atoms with Crippen molar-refractivity contribution >= 4 is 28.3 Å². The highest BCUT2D eigenvalue weighted by Crippen LogP contribution is 2.30. The molecule has 0 bridgehead atoms. The molecule has 9 nitrogen and oxygen atoms in total. The third-order valence-electron chi connectivity index (χ3n) is 5.90. The Hall–Kier alpha value is -3.33. The summed E-state index contributed by atoms with van der Waals surface area (Å²) >= 11 is 0. The molecule has 0 aromatic carbocycles. The van der Waals surface area contributed by atoms with Crippen molar-refractivity contribution in [1.82, 2.24) is 29.1 Å². The van der Waals surface area contributed by atoms with Gasteiger partial charge in [-0.2, -0.15) is 10.1 Å². The molecule has 0 atom stereocenters. The van der Waals surface area contributed by atoms with E-state index in [0.29, 0.717) is 24.4 Å². The van der Waals surface area contributed by atoms with Gasteiger partial charge in [0.25, 0.3) is 5.56 Å². The van der Waals surface area contributed by atoms with Crippen LogP contribution in [0.5, 0.6) is 0 Å². The van der Waals surface area contributed by atoms with Crippen LogP contribution < -0.4 is 10.9 Å². The molecule has 1 aliphatic rings. The third kappa shape index (κ3) is 3.21. The molecule has 30 heavy (non-hydrogen) atoms. The topological polar surface area (TPSA) is 110 Å². The SMILES string of the molecule is Cc1cc2ncnn2cc1Nc1ncc2c(C)cc(=O)n(C3CCC(O)CC3)c2n1. The molecule has 0 saturated heterocycles. The van der Waals surface area contributed by atoms with E-state index in [9.17, 15) is 9.90 Å². The lowest BCUT2D eigenvalue weighted by Gasteiger charge is -2.28. The second kappa shape index (κ2) is 7.17. The molecule has 2 N–H and O–H groups in total. The zero-order chi connectivity index (χ0) is 20.8. The largest absolute Gasteiger partial charge is 0.393 e. The summed E-state index contributed by atoms with van der Waals surface area (Å²) in [7, 11) is 0. The Morgan fingerprint density at radius 1 is 1.10 bits per heavy atom. The maximum absolute atomic E-state index is 12.9. The normalized spacial score (nSPS) is 19.4. The summed E-state index contributed by atoms with van der Waals surface area (Å²) < 4.78 is 3.46. The van der Waals surface area contributed by atoms with Crippen molar-refractivity contribution in [3.8, 4) is 0 Å². The van der Waals surface area contributed by atoms with Crippen LogP contribution in [0.25, 0.3) is 16.7 Å². The first-order valence-corrected chi connectivity index (χ1v) is 10.1. The van der Waals surface area contributed by atoms with Crippen molar-refractivity contribution in [2.45, 2.75) is 51.7 Å². The van der Waals surface area contributed by atoms with E-state index in [0.717, 1.165) is 40.7 Å². The number of aliphatic hydroxyl groups excluding tert-OH is 1. The van der Waals surface area contributed by atoms with Gasteiger partial charge < -0.3 is 10.4 Å². The lowest BCUT2D eigenvalue weighted by Crippen LogP contribution is -2.30. The summed E-state index contributed by atoms with van der Waals surface area (Å²) in [5.74, 6) is 0.416. The van der Waals surface area contributed by atoms with Gasteiger partial charge in [-0.05, 0) is 56.7 Å². The van der Waals surface area contributed by atoms with Crippen LogP contribution in [0.4, 0.5) is 11.6 Å². The molecular formula is C21H23N7O2. The Morgan fingerprint density at radius 3 is 2.70 bits per heavy atom. The number of aryl methyl sites for hydroxylation is 2. The Labute approximate surface area is 172 Å². The van der Waals surface area contributed by atoms with Crippen molar-refractivity contribution in [3.63, 3.8) is 0 Å². The number of anilines is 2. The van der Waals surface area contributed by atoms with E-state index < -0.39 is 0 Å². The molecule has 1 fully saturated rings. The van der Waals surface area contributed by atoms with Gasteiger partial charge in [-0.1, -0.05) is 0 Å². The predicted molar refractivity (Wildman–Crippen MR) is 113 cm³/mol. The molecule has 9 heteroatoms. The Morgan fingerprint density at radius 2 is 1.90 bits per heavy atom. The fraction of sp³-hybridized carbons (Fsp3) is 0.381. The van der Waals surface area contributed by atoms with Crippen LogP contribution in [-0.2, 0) is 0 Å². The quantitative estimate of drug-likeness (QED) is 0.539. The van der Waals surface area contributed by atoms with Gasteiger partial charge in [-0.15, -0.1) is 0 Å². The minimum absolute atomic E-state index is 0.0278. The van der Waals surface area contributed by atoms with Gasteiger partial charge in [-0.3, -0.25) is 9.36 Å². The van der Waals surface area contributed by atoms with Crippen LogP contribution in [-0.4, -0.2) is 40.3 Å². The first-order valence-electron chi connectivity index (χ1n) is 10.1. The van der Waals surface area contributed by atoms with Crippen LogP contribution in [0.1, 0.15) is 42.9 Å². The second-order valence-electron chi connectivity index (χ2n) is 7.99. The number of nitrogens with zero attached hydrogens (tertiary/aromatic N) is 6. The zero-order valence-electron chi connectivity index (χ0n) is 16.9. The number of aromatic nitrogens is 6. The van der Waals surface area contributed by atoms with E-state index in [2.05, 4.69) is 20.4 Å². The van der Waals surface area contributed by atoms with E-state index in [1.54, 1.807) is 21.3 Å². The van der Waals surface area contributed by atoms with Crippen LogP contribution >= 0.6 is 0 Å². The highest BCUT2D eigenvalue weighted by atomic mass is 16.3. The molecule has 0 aliphatic heterocycles. The first kappa shape index (κ1) is 18.7. The van der Waals surface area contributed by atoms with Crippen molar-refractivity contribution in [2.24, 2.45) is 0 Å². The van der Waals surface area contributed by atoms with Gasteiger partial charge in [-0.25, -0.2) is 14.5 Å². The summed E-state index contributed by atoms with van der Waals surface area (Å²) in [5.41, 5.74) is 3.98. The fourth-order valence-corrected chi connectivity index (χ4v) is 4.21. The van der Waals surface area contributed by atoms with Gasteiger partial charge in [0.2, 0.25) is 5.95 Å². The summed E-state index contributed by atoms with van der Waals surface area (Å²) in [6.45, 7) is 3.88. The Bertz CT molecular complexity index is 1300. The van der Waals surface area contributed by atoms with Crippen molar-refractivity contribution < 1.29 is 5.11 Å². The molecule has 0 radical (unpaired) electrons. The number of rotatable bonds is 3. The van der Waals surface area contributed by atoms with Crippen molar-refractivity contribution in [2.75, 3.05) is 5.32 Å². The standard InChI is InChI=1S/C21H23N7O2/c1-12-8-19(30)28(14-3-5-15(29)6-4-14)20-16(12)9-22-21(26-20)25-17-10-27-18(7-13(17)2)23-11-24-27/h7-11,14-15,29H,3-6H2,1-2H3,(H,22,25,26). The molecule has 0 unspecified atom stereocenters. The van der Waals surface area contributed by atoms with Crippen molar-refractivity contribution in [1.29, 1.82) is 0 Å². The number of pyridine rings is 2. The van der Waals surface area contributed by atoms with E-state index in [4.69, 9.17) is 4.98 Å². The van der Waals surface area contributed by atoms with Crippen LogP contribution in [0.3, 0.4) is 0 Å². The molecular weight excluding hydrogens is 382 g/mol. The van der Waals surface area contributed by atoms with Gasteiger partial charge in [0.05, 0.1) is 18.0 Å². The van der Waals surface area contributed by atoms with Gasteiger partial charge >= 0.3 is 0 Å². The van der Waals surface area contributed by atoms with E-state index in [1.165, 1.54) is 6.33 Å². The fourth-order valence-electron chi connectivity index (χ4n) is 4.21. The van der Waals surface area contributed by atoms with Gasteiger partial charge in [0.15, 0.2) is 5.65 Å². The van der Waals surface area contributed by atoms with Crippen LogP contribution in [0, 0.1) is 13.8 Å². The predicted octanol–water partition coefficient (Wildman–Crippen LogP) is 2.67. The summed E-state index contributed by atoms with van der Waals surface area (Å²) in [6, 6.07) is 3.61. The highest BCUT2D eigenvalue weighted by Gasteiger charge is 2.24. The average molecular weight is 405 g/mol. The molecule has 1 aliphatic carbocycles. The highest BCUT2D eigenvalue weighted by molar-refractivity contribution is 5.79. The van der Waals surface area contributed by atoms with E-state index in [-0.39, 0.29) is 17.7 Å². The van der Waals surface area contributed by atoms with E-state index in [1.807, 2.05) is 26.1 Å². The summed E-state index contributed by atoms with van der Waals surface area (Å²) in [6.07, 6.45) is 7.74. The maximum atomic E-state index is 12.9. The smallest absolute Gasteiger partial charge is 0.252 e. The van der Waals surface area contributed by atoms with E-state index >= 15 is 0 Å². The Kier molecular flexibility index (Phi) is 4.47. The third-order valence-corrected chi connectivity index (χ3v) is 5.90. The average Bonchev–Trinajstić information content (AvgIpc) is 3.16. The van der Waals surface area contributed by atoms with Gasteiger partial charge in [0, 0.05) is 23.7 Å². The molecule has 0 spiro atoms. The molecule has 1 saturated carbocycles. The molecule has 4 aromatic rings. The maximum Gasteiger partial charge on any atom is 0.252 e. The Balaban J connectivity index is 1.59. The molecule has 5 rings (SSSR count). The van der Waals surface area contributed by atoms with Crippen LogP contribution in [0.15, 0.2) is 35.6 Å². The number of hydrogen-bond acceptors (Lipinski definition) is 7. The minimum Gasteiger partial charge on any atom is -0.393 e.